The smallest absolute Gasteiger partial charge is 0.225 e. The second-order valence-corrected chi connectivity index (χ2v) is 7.99. The number of hydrogen-bond acceptors (Lipinski definition) is 8. The summed E-state index contributed by atoms with van der Waals surface area (Å²) in [6, 6.07) is 3.72. The number of nitrogens with one attached hydrogen (secondary N) is 1. The lowest BCUT2D eigenvalue weighted by Gasteiger charge is -2.36. The van der Waals surface area contributed by atoms with Crippen LogP contribution in [-0.2, 0) is 0 Å². The van der Waals surface area contributed by atoms with E-state index in [1.807, 2.05) is 24.5 Å². The van der Waals surface area contributed by atoms with E-state index in [9.17, 15) is 0 Å². The van der Waals surface area contributed by atoms with Crippen LogP contribution in [0.1, 0.15) is 13.3 Å². The van der Waals surface area contributed by atoms with E-state index in [-0.39, 0.29) is 0 Å². The molecule has 2 fully saturated rings. The molecular weight excluding hydrogens is 404 g/mol. The van der Waals surface area contributed by atoms with Gasteiger partial charge in [0.25, 0.3) is 0 Å². The Labute approximate surface area is 190 Å². The molecule has 2 saturated heterocycles. The highest BCUT2D eigenvalue weighted by Gasteiger charge is 2.21. The maximum Gasteiger partial charge on any atom is 0.225 e. The van der Waals surface area contributed by atoms with Crippen molar-refractivity contribution in [2.24, 2.45) is 4.99 Å². The van der Waals surface area contributed by atoms with Crippen molar-refractivity contribution in [3.05, 3.63) is 36.9 Å². The van der Waals surface area contributed by atoms with Gasteiger partial charge in [0, 0.05) is 96.8 Å². The van der Waals surface area contributed by atoms with Gasteiger partial charge in [-0.15, -0.1) is 0 Å². The quantitative estimate of drug-likeness (QED) is 0.378. The summed E-state index contributed by atoms with van der Waals surface area (Å²) in [5, 5.41) is 3.46. The van der Waals surface area contributed by atoms with Gasteiger partial charge in [-0.05, 0) is 25.5 Å². The van der Waals surface area contributed by atoms with Crippen molar-refractivity contribution in [1.29, 1.82) is 0 Å². The first-order valence-electron chi connectivity index (χ1n) is 11.6. The lowest BCUT2D eigenvalue weighted by molar-refractivity contribution is 0.255. The molecule has 2 aliphatic rings. The fourth-order valence-corrected chi connectivity index (χ4v) is 4.10. The van der Waals surface area contributed by atoms with Gasteiger partial charge in [-0.1, -0.05) is 0 Å². The molecule has 172 valence electrons. The van der Waals surface area contributed by atoms with Crippen molar-refractivity contribution < 1.29 is 0 Å². The van der Waals surface area contributed by atoms with Gasteiger partial charge in [0.05, 0.1) is 0 Å². The van der Waals surface area contributed by atoms with Crippen LogP contribution in [-0.4, -0.2) is 108 Å². The normalized spacial score (nSPS) is 18.2. The van der Waals surface area contributed by atoms with Gasteiger partial charge >= 0.3 is 0 Å². The summed E-state index contributed by atoms with van der Waals surface area (Å²) in [5.74, 6) is 2.67. The first-order chi connectivity index (χ1) is 15.8. The molecule has 4 rings (SSSR count). The molecule has 2 aromatic heterocycles. The summed E-state index contributed by atoms with van der Waals surface area (Å²) in [7, 11) is 0. The summed E-state index contributed by atoms with van der Waals surface area (Å²) in [5.41, 5.74) is 0. The van der Waals surface area contributed by atoms with Crippen molar-refractivity contribution >= 4 is 17.9 Å². The van der Waals surface area contributed by atoms with Crippen molar-refractivity contribution in [1.82, 2.24) is 35.1 Å². The highest BCUT2D eigenvalue weighted by atomic mass is 15.4. The Balaban J connectivity index is 1.19. The summed E-state index contributed by atoms with van der Waals surface area (Å²) in [6.07, 6.45) is 8.29. The minimum absolute atomic E-state index is 0.813. The van der Waals surface area contributed by atoms with Crippen molar-refractivity contribution in [2.75, 3.05) is 81.8 Å². The molecule has 0 unspecified atom stereocenters. The van der Waals surface area contributed by atoms with Crippen LogP contribution in [0, 0.1) is 0 Å². The van der Waals surface area contributed by atoms with E-state index in [2.05, 4.69) is 51.8 Å². The van der Waals surface area contributed by atoms with E-state index < -0.39 is 0 Å². The first kappa shape index (κ1) is 22.2. The second kappa shape index (κ2) is 11.6. The van der Waals surface area contributed by atoms with Crippen LogP contribution in [0.4, 0.5) is 11.9 Å². The predicted molar refractivity (Wildman–Crippen MR) is 127 cm³/mol. The number of anilines is 2. The molecule has 1 N–H and O–H groups in total. The molecule has 0 aromatic carbocycles. The average Bonchev–Trinajstić information content (AvgIpc) is 2.87. The molecule has 32 heavy (non-hydrogen) atoms. The van der Waals surface area contributed by atoms with Gasteiger partial charge < -0.3 is 20.0 Å². The highest BCUT2D eigenvalue weighted by Crippen LogP contribution is 2.11. The molecule has 0 saturated carbocycles. The van der Waals surface area contributed by atoms with Gasteiger partial charge in [0.15, 0.2) is 5.96 Å². The number of nitrogens with zero attached hydrogens (tertiary/aromatic N) is 9. The Bertz CT molecular complexity index is 815. The molecule has 2 aliphatic heterocycles. The van der Waals surface area contributed by atoms with Crippen LogP contribution >= 0.6 is 0 Å². The number of rotatable bonds is 7. The summed E-state index contributed by atoms with van der Waals surface area (Å²) in [6.45, 7) is 12.6. The third kappa shape index (κ3) is 6.03. The number of guanidine groups is 1. The zero-order valence-electron chi connectivity index (χ0n) is 19.0. The van der Waals surface area contributed by atoms with Gasteiger partial charge in [-0.2, -0.15) is 0 Å². The lowest BCUT2D eigenvalue weighted by atomic mass is 10.3. The van der Waals surface area contributed by atoms with Gasteiger partial charge in [0.1, 0.15) is 0 Å². The van der Waals surface area contributed by atoms with Crippen molar-refractivity contribution in [3.63, 3.8) is 0 Å². The average molecular weight is 439 g/mol. The van der Waals surface area contributed by atoms with Crippen molar-refractivity contribution in [3.8, 4) is 0 Å². The largest absolute Gasteiger partial charge is 0.357 e. The Kier molecular flexibility index (Phi) is 8.02. The predicted octanol–water partition coefficient (Wildman–Crippen LogP) is 0.566. The van der Waals surface area contributed by atoms with Gasteiger partial charge in [0.2, 0.25) is 11.9 Å². The van der Waals surface area contributed by atoms with Gasteiger partial charge in [-0.3, -0.25) is 9.89 Å². The number of hydrogen-bond donors (Lipinski definition) is 1. The lowest BCUT2D eigenvalue weighted by Crippen LogP contribution is -2.53. The fourth-order valence-electron chi connectivity index (χ4n) is 4.10. The molecule has 0 aliphatic carbocycles. The Morgan fingerprint density at radius 3 is 1.88 bits per heavy atom. The van der Waals surface area contributed by atoms with Crippen LogP contribution in [0.2, 0.25) is 0 Å². The number of aromatic nitrogens is 4. The number of piperazine rings is 2. The molecular formula is C22H34N10. The Morgan fingerprint density at radius 2 is 1.34 bits per heavy atom. The minimum atomic E-state index is 0.813. The monoisotopic (exact) mass is 438 g/mol. The van der Waals surface area contributed by atoms with Crippen LogP contribution < -0.4 is 15.1 Å². The molecule has 0 amide bonds. The van der Waals surface area contributed by atoms with E-state index >= 15 is 0 Å². The van der Waals surface area contributed by atoms with Crippen LogP contribution in [0.15, 0.2) is 41.9 Å². The minimum Gasteiger partial charge on any atom is -0.357 e. The van der Waals surface area contributed by atoms with E-state index in [0.717, 1.165) is 96.3 Å². The van der Waals surface area contributed by atoms with E-state index in [1.54, 1.807) is 12.4 Å². The SMILES string of the molecule is CCNC(=NCCCN1CCN(c2ncccn2)CC1)N1CCN(c2ncccn2)CC1. The van der Waals surface area contributed by atoms with Gasteiger partial charge in [-0.25, -0.2) is 19.9 Å². The van der Waals surface area contributed by atoms with Crippen LogP contribution in [0.25, 0.3) is 0 Å². The molecule has 4 heterocycles. The Hall–Kier alpha value is -3.01. The first-order valence-corrected chi connectivity index (χ1v) is 11.6. The zero-order valence-corrected chi connectivity index (χ0v) is 19.0. The second-order valence-electron chi connectivity index (χ2n) is 7.99. The van der Waals surface area contributed by atoms with E-state index in [1.165, 1.54) is 0 Å². The molecule has 0 bridgehead atoms. The summed E-state index contributed by atoms with van der Waals surface area (Å²) < 4.78 is 0. The van der Waals surface area contributed by atoms with Crippen LogP contribution in [0.5, 0.6) is 0 Å². The molecule has 10 nitrogen and oxygen atoms in total. The standard InChI is InChI=1S/C22H34N10/c1-2-23-20(31-16-18-32(19-17-31)22-26-8-4-9-27-22)28-10-5-11-29-12-14-30(15-13-29)21-24-6-3-7-25-21/h3-4,6-9H,2,5,10-19H2,1H3,(H,23,28). The molecule has 10 heteroatoms. The Morgan fingerprint density at radius 1 is 0.812 bits per heavy atom. The van der Waals surface area contributed by atoms with Crippen LogP contribution in [0.3, 0.4) is 0 Å². The molecule has 0 radical (unpaired) electrons. The summed E-state index contributed by atoms with van der Waals surface area (Å²) >= 11 is 0. The van der Waals surface area contributed by atoms with Crippen molar-refractivity contribution in [2.45, 2.75) is 13.3 Å². The summed E-state index contributed by atoms with van der Waals surface area (Å²) in [4.78, 5) is 31.7. The molecule has 0 atom stereocenters. The zero-order chi connectivity index (χ0) is 22.0. The maximum absolute atomic E-state index is 4.91. The number of aliphatic imine (C=N–C) groups is 1. The maximum atomic E-state index is 4.91. The van der Waals surface area contributed by atoms with E-state index in [4.69, 9.17) is 4.99 Å². The van der Waals surface area contributed by atoms with E-state index in [0.29, 0.717) is 0 Å². The molecule has 0 spiro atoms. The topological polar surface area (TPSA) is 88.9 Å². The molecule has 2 aromatic rings. The third-order valence-electron chi connectivity index (χ3n) is 5.85. The fraction of sp³-hybridized carbons (Fsp3) is 0.591. The highest BCUT2D eigenvalue weighted by molar-refractivity contribution is 5.80. The third-order valence-corrected chi connectivity index (χ3v) is 5.85.